The first-order valence-electron chi connectivity index (χ1n) is 10.2. The molecule has 6 heteroatoms. The minimum atomic E-state index is -0.466. The lowest BCUT2D eigenvalue weighted by Gasteiger charge is -2.45. The van der Waals surface area contributed by atoms with Crippen LogP contribution in [-0.4, -0.2) is 83.7 Å². The number of aliphatic hydroxyl groups is 1. The van der Waals surface area contributed by atoms with Crippen LogP contribution in [0.3, 0.4) is 0 Å². The number of piperidine rings is 1. The Hall–Kier alpha value is -1.73. The molecule has 0 radical (unpaired) electrons. The summed E-state index contributed by atoms with van der Waals surface area (Å²) < 4.78 is 0. The van der Waals surface area contributed by atoms with E-state index in [1.165, 1.54) is 16.9 Å². The molecule has 1 amide bonds. The molecule has 0 bridgehead atoms. The van der Waals surface area contributed by atoms with E-state index in [2.05, 4.69) is 40.1 Å². The van der Waals surface area contributed by atoms with Crippen molar-refractivity contribution in [3.05, 3.63) is 58.3 Å². The number of thiophene rings is 1. The highest BCUT2D eigenvalue weighted by molar-refractivity contribution is 7.08. The molecule has 0 saturated carbocycles. The van der Waals surface area contributed by atoms with Gasteiger partial charge >= 0.3 is 0 Å². The van der Waals surface area contributed by atoms with E-state index >= 15 is 0 Å². The molecule has 1 aromatic heterocycles. The molecular formula is C22H29N3O2S. The Morgan fingerprint density at radius 1 is 1.07 bits per heavy atom. The van der Waals surface area contributed by atoms with Gasteiger partial charge in [0.1, 0.15) is 0 Å². The van der Waals surface area contributed by atoms with E-state index in [0.29, 0.717) is 6.54 Å². The van der Waals surface area contributed by atoms with Gasteiger partial charge in [-0.1, -0.05) is 30.3 Å². The van der Waals surface area contributed by atoms with Gasteiger partial charge in [-0.15, -0.1) is 0 Å². The number of piperazine rings is 1. The number of β-amino-alcohol motifs (C(OH)–C–C–N with tert-alkyl or cyclic N) is 1. The van der Waals surface area contributed by atoms with Crippen molar-refractivity contribution in [2.24, 2.45) is 0 Å². The van der Waals surface area contributed by atoms with Crippen molar-refractivity contribution < 1.29 is 9.90 Å². The fourth-order valence-electron chi connectivity index (χ4n) is 4.35. The van der Waals surface area contributed by atoms with Crippen LogP contribution in [0.25, 0.3) is 0 Å². The van der Waals surface area contributed by atoms with Gasteiger partial charge in [-0.2, -0.15) is 11.3 Å². The first-order chi connectivity index (χ1) is 13.7. The van der Waals surface area contributed by atoms with Crippen LogP contribution in [0.5, 0.6) is 0 Å². The molecule has 2 aliphatic rings. The van der Waals surface area contributed by atoms with Crippen LogP contribution >= 0.6 is 11.3 Å². The maximum atomic E-state index is 12.5. The van der Waals surface area contributed by atoms with Crippen LogP contribution in [0.4, 0.5) is 0 Å². The fourth-order valence-corrected chi connectivity index (χ4v) is 4.98. The second-order valence-electron chi connectivity index (χ2n) is 7.80. The average Bonchev–Trinajstić information content (AvgIpc) is 3.28. The van der Waals surface area contributed by atoms with Crippen molar-refractivity contribution in [2.45, 2.75) is 25.0 Å². The molecular weight excluding hydrogens is 370 g/mol. The third-order valence-electron chi connectivity index (χ3n) is 6.04. The quantitative estimate of drug-likeness (QED) is 0.837. The molecule has 2 fully saturated rings. The van der Waals surface area contributed by atoms with Gasteiger partial charge in [0.15, 0.2) is 0 Å². The predicted molar refractivity (Wildman–Crippen MR) is 113 cm³/mol. The summed E-state index contributed by atoms with van der Waals surface area (Å²) in [5.41, 5.74) is 2.13. The molecule has 1 N–H and O–H groups in total. The molecule has 4 rings (SSSR count). The number of carbonyl (C=O) groups excluding carboxylic acids is 1. The predicted octanol–water partition coefficient (Wildman–Crippen LogP) is 2.18. The summed E-state index contributed by atoms with van der Waals surface area (Å²) in [5, 5.41) is 14.5. The van der Waals surface area contributed by atoms with E-state index in [1.54, 1.807) is 4.90 Å². The number of benzene rings is 1. The van der Waals surface area contributed by atoms with Gasteiger partial charge < -0.3 is 14.9 Å². The third kappa shape index (κ3) is 4.63. The molecule has 2 saturated heterocycles. The molecule has 1 aromatic carbocycles. The number of hydrogen-bond acceptors (Lipinski definition) is 5. The van der Waals surface area contributed by atoms with Crippen molar-refractivity contribution in [1.29, 1.82) is 0 Å². The van der Waals surface area contributed by atoms with Crippen LogP contribution in [0.1, 0.15) is 22.3 Å². The van der Waals surface area contributed by atoms with Gasteiger partial charge in [-0.3, -0.25) is 9.69 Å². The van der Waals surface area contributed by atoms with Gasteiger partial charge in [0.25, 0.3) is 5.91 Å². The normalized spacial score (nSPS) is 24.4. The molecule has 2 atom stereocenters. The van der Waals surface area contributed by atoms with Gasteiger partial charge in [0, 0.05) is 57.2 Å². The first kappa shape index (κ1) is 19.6. The summed E-state index contributed by atoms with van der Waals surface area (Å²) in [6.07, 6.45) is 1.47. The molecule has 0 unspecified atom stereocenters. The Bertz CT molecular complexity index is 744. The number of likely N-dealkylation sites (tertiary alicyclic amines) is 1. The number of aliphatic hydroxyl groups excluding tert-OH is 1. The number of carbonyl (C=O) groups is 1. The van der Waals surface area contributed by atoms with Gasteiger partial charge in [-0.05, 0) is 29.9 Å². The van der Waals surface area contributed by atoms with E-state index in [1.807, 2.05) is 16.8 Å². The molecule has 5 nitrogen and oxygen atoms in total. The molecule has 2 aliphatic heterocycles. The Kier molecular flexibility index (Phi) is 6.42. The van der Waals surface area contributed by atoms with Crippen LogP contribution in [0.2, 0.25) is 0 Å². The lowest BCUT2D eigenvalue weighted by atomic mass is 9.98. The van der Waals surface area contributed by atoms with Crippen LogP contribution in [-0.2, 0) is 6.42 Å². The van der Waals surface area contributed by atoms with Crippen molar-refractivity contribution >= 4 is 17.2 Å². The largest absolute Gasteiger partial charge is 0.390 e. The summed E-state index contributed by atoms with van der Waals surface area (Å²) in [4.78, 5) is 19.3. The molecule has 0 spiro atoms. The monoisotopic (exact) mass is 399 g/mol. The summed E-state index contributed by atoms with van der Waals surface area (Å²) in [5.74, 6) is 0.0458. The van der Waals surface area contributed by atoms with E-state index in [0.717, 1.165) is 57.7 Å². The summed E-state index contributed by atoms with van der Waals surface area (Å²) in [6, 6.07) is 12.7. The number of nitrogens with zero attached hydrogens (tertiary/aromatic N) is 3. The highest BCUT2D eigenvalue weighted by Gasteiger charge is 2.35. The molecule has 3 heterocycles. The summed E-state index contributed by atoms with van der Waals surface area (Å²) in [6.45, 7) is 6.34. The number of hydrogen-bond donors (Lipinski definition) is 1. The van der Waals surface area contributed by atoms with Crippen LogP contribution in [0.15, 0.2) is 47.2 Å². The summed E-state index contributed by atoms with van der Waals surface area (Å²) >= 11 is 1.54. The maximum absolute atomic E-state index is 12.5. The minimum absolute atomic E-state index is 0.0458. The second kappa shape index (κ2) is 9.18. The molecule has 28 heavy (non-hydrogen) atoms. The van der Waals surface area contributed by atoms with Gasteiger partial charge in [0.05, 0.1) is 11.7 Å². The van der Waals surface area contributed by atoms with E-state index in [-0.39, 0.29) is 11.9 Å². The minimum Gasteiger partial charge on any atom is -0.390 e. The topological polar surface area (TPSA) is 47.0 Å². The Morgan fingerprint density at radius 3 is 2.54 bits per heavy atom. The zero-order valence-corrected chi connectivity index (χ0v) is 17.1. The van der Waals surface area contributed by atoms with Crippen molar-refractivity contribution in [3.63, 3.8) is 0 Å². The lowest BCUT2D eigenvalue weighted by Crippen LogP contribution is -2.59. The van der Waals surface area contributed by atoms with Crippen molar-refractivity contribution in [2.75, 3.05) is 45.8 Å². The Morgan fingerprint density at radius 2 is 1.86 bits per heavy atom. The third-order valence-corrected chi connectivity index (χ3v) is 6.72. The van der Waals surface area contributed by atoms with E-state index in [4.69, 9.17) is 0 Å². The fraction of sp³-hybridized carbons (Fsp3) is 0.500. The van der Waals surface area contributed by atoms with Gasteiger partial charge in [-0.25, -0.2) is 0 Å². The Balaban J connectivity index is 1.23. The van der Waals surface area contributed by atoms with Crippen molar-refractivity contribution in [3.8, 4) is 0 Å². The van der Waals surface area contributed by atoms with Crippen LogP contribution in [0, 0.1) is 0 Å². The smallest absolute Gasteiger partial charge is 0.254 e. The zero-order chi connectivity index (χ0) is 19.3. The SMILES string of the molecule is O=C(c1ccsc1)N1CC[C@@H](N2CCN(CCc3ccccc3)CC2)[C@H](O)C1. The van der Waals surface area contributed by atoms with Crippen LogP contribution < -0.4 is 0 Å². The highest BCUT2D eigenvalue weighted by Crippen LogP contribution is 2.21. The second-order valence-corrected chi connectivity index (χ2v) is 8.58. The maximum Gasteiger partial charge on any atom is 0.254 e. The molecule has 2 aromatic rings. The number of amides is 1. The molecule has 150 valence electrons. The standard InChI is InChI=1S/C22H29N3O2S/c26-21-16-25(22(27)19-8-15-28-17-19)10-7-20(21)24-13-11-23(12-14-24)9-6-18-4-2-1-3-5-18/h1-5,8,15,17,20-21,26H,6-7,9-14,16H2/t20-,21-/m1/s1. The Labute approximate surface area is 171 Å². The van der Waals surface area contributed by atoms with E-state index < -0.39 is 6.10 Å². The molecule has 0 aliphatic carbocycles. The van der Waals surface area contributed by atoms with Crippen molar-refractivity contribution in [1.82, 2.24) is 14.7 Å². The van der Waals surface area contributed by atoms with E-state index in [9.17, 15) is 9.90 Å². The van der Waals surface area contributed by atoms with Gasteiger partial charge in [0.2, 0.25) is 0 Å². The first-order valence-corrected chi connectivity index (χ1v) is 11.1. The summed E-state index contributed by atoms with van der Waals surface area (Å²) in [7, 11) is 0. The average molecular weight is 400 g/mol. The number of rotatable bonds is 5. The highest BCUT2D eigenvalue weighted by atomic mass is 32.1. The lowest BCUT2D eigenvalue weighted by molar-refractivity contribution is -0.0241. The zero-order valence-electron chi connectivity index (χ0n) is 16.2.